The second kappa shape index (κ2) is 8.12. The van der Waals surface area contributed by atoms with Gasteiger partial charge in [0.1, 0.15) is 6.04 Å². The number of nitrogens with zero attached hydrogens (tertiary/aromatic N) is 4. The van der Waals surface area contributed by atoms with Crippen molar-refractivity contribution in [2.45, 2.75) is 57.9 Å². The quantitative estimate of drug-likeness (QED) is 0.807. The van der Waals surface area contributed by atoms with E-state index in [4.69, 9.17) is 5.73 Å². The Kier molecular flexibility index (Phi) is 6.17. The van der Waals surface area contributed by atoms with E-state index in [1.807, 2.05) is 18.0 Å². The van der Waals surface area contributed by atoms with Crippen LogP contribution >= 0.6 is 0 Å². The zero-order chi connectivity index (χ0) is 15.1. The number of carbonyl (C=O) groups excluding carboxylic acids is 1. The number of carbonyl (C=O) groups is 1. The van der Waals surface area contributed by atoms with Gasteiger partial charge in [-0.1, -0.05) is 18.1 Å². The minimum absolute atomic E-state index is 0.162. The van der Waals surface area contributed by atoms with Gasteiger partial charge in [0.05, 0.1) is 5.69 Å². The zero-order valence-electron chi connectivity index (χ0n) is 13.0. The Morgan fingerprint density at radius 1 is 1.29 bits per heavy atom. The Balaban J connectivity index is 1.92. The summed E-state index contributed by atoms with van der Waals surface area (Å²) in [4.78, 5) is 14.5. The van der Waals surface area contributed by atoms with Gasteiger partial charge in [-0.05, 0) is 45.6 Å². The van der Waals surface area contributed by atoms with E-state index >= 15 is 0 Å². The van der Waals surface area contributed by atoms with Crippen molar-refractivity contribution in [1.82, 2.24) is 19.9 Å². The lowest BCUT2D eigenvalue weighted by Gasteiger charge is -2.23. The highest BCUT2D eigenvalue weighted by Gasteiger charge is 2.23. The molecule has 0 aromatic carbocycles. The maximum atomic E-state index is 12.5. The molecule has 1 saturated heterocycles. The lowest BCUT2D eigenvalue weighted by molar-refractivity contribution is -0.134. The molecule has 1 aliphatic rings. The maximum absolute atomic E-state index is 12.5. The molecule has 1 aliphatic heterocycles. The third kappa shape index (κ3) is 4.52. The smallest absolute Gasteiger partial charge is 0.247 e. The van der Waals surface area contributed by atoms with Gasteiger partial charge in [-0.25, -0.2) is 4.68 Å². The predicted octanol–water partition coefficient (Wildman–Crippen LogP) is 1.52. The monoisotopic (exact) mass is 293 g/mol. The van der Waals surface area contributed by atoms with Crippen molar-refractivity contribution in [3.8, 4) is 0 Å². The molecule has 1 unspecified atom stereocenters. The molecule has 0 spiro atoms. The summed E-state index contributed by atoms with van der Waals surface area (Å²) in [5, 5.41) is 8.28. The minimum Gasteiger partial charge on any atom is -0.341 e. The van der Waals surface area contributed by atoms with Crippen LogP contribution < -0.4 is 5.73 Å². The first-order chi connectivity index (χ1) is 10.2. The van der Waals surface area contributed by atoms with E-state index in [1.165, 1.54) is 12.8 Å². The first-order valence-corrected chi connectivity index (χ1v) is 8.12. The summed E-state index contributed by atoms with van der Waals surface area (Å²) in [7, 11) is 0. The summed E-state index contributed by atoms with van der Waals surface area (Å²) < 4.78 is 1.70. The predicted molar refractivity (Wildman–Crippen MR) is 81.8 cm³/mol. The summed E-state index contributed by atoms with van der Waals surface area (Å²) >= 11 is 0. The molecule has 0 aliphatic carbocycles. The van der Waals surface area contributed by atoms with Gasteiger partial charge in [0.25, 0.3) is 0 Å². The molecule has 21 heavy (non-hydrogen) atoms. The first-order valence-electron chi connectivity index (χ1n) is 8.12. The van der Waals surface area contributed by atoms with Gasteiger partial charge in [0.15, 0.2) is 0 Å². The second-order valence-corrected chi connectivity index (χ2v) is 5.85. The van der Waals surface area contributed by atoms with Crippen LogP contribution in [0.4, 0.5) is 0 Å². The van der Waals surface area contributed by atoms with Gasteiger partial charge >= 0.3 is 0 Å². The van der Waals surface area contributed by atoms with Crippen LogP contribution in [0.2, 0.25) is 0 Å². The lowest BCUT2D eigenvalue weighted by Crippen LogP contribution is -2.37. The van der Waals surface area contributed by atoms with Crippen molar-refractivity contribution < 1.29 is 4.79 Å². The Morgan fingerprint density at radius 3 is 2.67 bits per heavy atom. The van der Waals surface area contributed by atoms with E-state index in [0.29, 0.717) is 6.54 Å². The number of hydrogen-bond acceptors (Lipinski definition) is 4. The van der Waals surface area contributed by atoms with Crippen LogP contribution in [0.25, 0.3) is 0 Å². The highest BCUT2D eigenvalue weighted by molar-refractivity contribution is 5.80. The Hall–Kier alpha value is -1.43. The molecule has 1 fully saturated rings. The average Bonchev–Trinajstić information content (AvgIpc) is 2.80. The van der Waals surface area contributed by atoms with Crippen LogP contribution in [0, 0.1) is 0 Å². The fraction of sp³-hybridized carbons (Fsp3) is 0.800. The largest absolute Gasteiger partial charge is 0.341 e. The van der Waals surface area contributed by atoms with Gasteiger partial charge in [0.2, 0.25) is 5.91 Å². The number of aromatic nitrogens is 3. The van der Waals surface area contributed by atoms with Gasteiger partial charge in [-0.2, -0.15) is 0 Å². The SMILES string of the molecule is CC(C(=O)N1CCCCCC1)n1cc(CCCCN)nn1. The van der Waals surface area contributed by atoms with Crippen LogP contribution in [0.1, 0.15) is 57.2 Å². The van der Waals surface area contributed by atoms with E-state index in [9.17, 15) is 4.79 Å². The number of nitrogens with two attached hydrogens (primary N) is 1. The number of aryl methyl sites for hydroxylation is 1. The number of rotatable bonds is 6. The molecule has 1 aromatic heterocycles. The summed E-state index contributed by atoms with van der Waals surface area (Å²) in [5.74, 6) is 0.162. The highest BCUT2D eigenvalue weighted by Crippen LogP contribution is 2.15. The van der Waals surface area contributed by atoms with Gasteiger partial charge in [-0.3, -0.25) is 4.79 Å². The molecule has 1 atom stereocenters. The highest BCUT2D eigenvalue weighted by atomic mass is 16.2. The minimum atomic E-state index is -0.265. The van der Waals surface area contributed by atoms with Gasteiger partial charge < -0.3 is 10.6 Å². The number of likely N-dealkylation sites (tertiary alicyclic amines) is 1. The van der Waals surface area contributed by atoms with Crippen molar-refractivity contribution in [3.63, 3.8) is 0 Å². The van der Waals surface area contributed by atoms with Crippen LogP contribution in [-0.4, -0.2) is 45.4 Å². The molecular weight excluding hydrogens is 266 g/mol. The Bertz CT molecular complexity index is 437. The lowest BCUT2D eigenvalue weighted by atomic mass is 10.2. The summed E-state index contributed by atoms with van der Waals surface area (Å²) in [6, 6.07) is -0.265. The molecule has 0 bridgehead atoms. The second-order valence-electron chi connectivity index (χ2n) is 5.85. The van der Waals surface area contributed by atoms with Crippen molar-refractivity contribution in [1.29, 1.82) is 0 Å². The van der Waals surface area contributed by atoms with Crippen LogP contribution in [0.15, 0.2) is 6.20 Å². The maximum Gasteiger partial charge on any atom is 0.247 e. The Morgan fingerprint density at radius 2 is 2.00 bits per heavy atom. The average molecular weight is 293 g/mol. The van der Waals surface area contributed by atoms with Crippen molar-refractivity contribution in [2.24, 2.45) is 5.73 Å². The normalized spacial score (nSPS) is 17.5. The summed E-state index contributed by atoms with van der Waals surface area (Å²) in [6.07, 6.45) is 9.47. The molecule has 1 amide bonds. The summed E-state index contributed by atoms with van der Waals surface area (Å²) in [5.41, 5.74) is 6.43. The van der Waals surface area contributed by atoms with Crippen LogP contribution in [-0.2, 0) is 11.2 Å². The molecule has 6 nitrogen and oxygen atoms in total. The standard InChI is InChI=1S/C15H27N5O/c1-13(15(21)19-10-6-2-3-7-11-19)20-12-14(17-18-20)8-4-5-9-16/h12-13H,2-11,16H2,1H3. The van der Waals surface area contributed by atoms with E-state index in [1.54, 1.807) is 4.68 Å². The molecule has 2 N–H and O–H groups in total. The number of unbranched alkanes of at least 4 members (excludes halogenated alkanes) is 1. The molecule has 0 radical (unpaired) electrons. The molecule has 118 valence electrons. The van der Waals surface area contributed by atoms with Crippen LogP contribution in [0.3, 0.4) is 0 Å². The molecule has 2 heterocycles. The van der Waals surface area contributed by atoms with E-state index < -0.39 is 0 Å². The molecule has 1 aromatic rings. The number of amides is 1. The molecule has 0 saturated carbocycles. The first kappa shape index (κ1) is 15.9. The number of hydrogen-bond donors (Lipinski definition) is 1. The van der Waals surface area contributed by atoms with E-state index in [-0.39, 0.29) is 11.9 Å². The van der Waals surface area contributed by atoms with Crippen molar-refractivity contribution >= 4 is 5.91 Å². The third-order valence-electron chi connectivity index (χ3n) is 4.12. The zero-order valence-corrected chi connectivity index (χ0v) is 13.0. The van der Waals surface area contributed by atoms with E-state index in [0.717, 1.165) is 50.9 Å². The molecular formula is C15H27N5O. The fourth-order valence-electron chi connectivity index (χ4n) is 2.74. The van der Waals surface area contributed by atoms with Crippen molar-refractivity contribution in [2.75, 3.05) is 19.6 Å². The Labute approximate surface area is 126 Å². The van der Waals surface area contributed by atoms with Crippen molar-refractivity contribution in [3.05, 3.63) is 11.9 Å². The molecule has 6 heteroatoms. The third-order valence-corrected chi connectivity index (χ3v) is 4.12. The van der Waals surface area contributed by atoms with Crippen LogP contribution in [0.5, 0.6) is 0 Å². The van der Waals surface area contributed by atoms with E-state index in [2.05, 4.69) is 10.3 Å². The summed E-state index contributed by atoms with van der Waals surface area (Å²) in [6.45, 7) is 4.37. The molecule has 2 rings (SSSR count). The van der Waals surface area contributed by atoms with Gasteiger partial charge in [0, 0.05) is 19.3 Å². The topological polar surface area (TPSA) is 77.0 Å². The van der Waals surface area contributed by atoms with Gasteiger partial charge in [-0.15, -0.1) is 5.10 Å². The fourth-order valence-corrected chi connectivity index (χ4v) is 2.74.